The Kier molecular flexibility index (Phi) is 4.79. The lowest BCUT2D eigenvalue weighted by atomic mass is 10.1. The van der Waals surface area contributed by atoms with E-state index in [4.69, 9.17) is 0 Å². The molecule has 1 aliphatic rings. The highest BCUT2D eigenvalue weighted by Crippen LogP contribution is 2.34. The minimum atomic E-state index is -4.64. The summed E-state index contributed by atoms with van der Waals surface area (Å²) in [5.74, 6) is -0.720. The van der Waals surface area contributed by atoms with Crippen LogP contribution >= 0.6 is 0 Å². The molecule has 5 nitrogen and oxygen atoms in total. The first-order chi connectivity index (χ1) is 10.3. The van der Waals surface area contributed by atoms with Crippen LogP contribution in [0.25, 0.3) is 0 Å². The number of nitrogens with zero attached hydrogens (tertiary/aromatic N) is 3. The molecular weight excluding hydrogens is 297 g/mol. The normalized spacial score (nSPS) is 20.2. The Morgan fingerprint density at radius 3 is 2.68 bits per heavy atom. The van der Waals surface area contributed by atoms with E-state index in [0.717, 1.165) is 19.4 Å². The number of halogens is 3. The second-order valence-corrected chi connectivity index (χ2v) is 5.67. The van der Waals surface area contributed by atoms with Crippen molar-refractivity contribution in [1.29, 1.82) is 0 Å². The highest BCUT2D eigenvalue weighted by atomic mass is 19.4. The number of nitrogens with one attached hydrogen (secondary N) is 1. The lowest BCUT2D eigenvalue weighted by Gasteiger charge is -2.30. The summed E-state index contributed by atoms with van der Waals surface area (Å²) in [6, 6.07) is -0.136. The van der Waals surface area contributed by atoms with Gasteiger partial charge in [0, 0.05) is 18.8 Å². The average molecular weight is 318 g/mol. The van der Waals surface area contributed by atoms with Gasteiger partial charge < -0.3 is 10.2 Å². The van der Waals surface area contributed by atoms with Gasteiger partial charge in [0.1, 0.15) is 0 Å². The highest BCUT2D eigenvalue weighted by Gasteiger charge is 2.41. The standard InChI is InChI=1S/C14H21F3N4O/c1-4-18-13(22)11-9(2)21(19-12(11)14(15,16)17)10-6-5-7-20(3)8-10/h10H,4-8H2,1-3H3,(H,18,22). The van der Waals surface area contributed by atoms with Gasteiger partial charge in [-0.25, -0.2) is 0 Å². The van der Waals surface area contributed by atoms with E-state index in [1.807, 2.05) is 7.05 Å². The highest BCUT2D eigenvalue weighted by molar-refractivity contribution is 5.96. The first-order valence-electron chi connectivity index (χ1n) is 7.38. The van der Waals surface area contributed by atoms with Gasteiger partial charge in [0.15, 0.2) is 5.69 Å². The quantitative estimate of drug-likeness (QED) is 0.930. The Balaban J connectivity index is 2.46. The van der Waals surface area contributed by atoms with E-state index in [2.05, 4.69) is 15.3 Å². The Labute approximate surface area is 127 Å². The smallest absolute Gasteiger partial charge is 0.352 e. The molecule has 1 aliphatic heterocycles. The summed E-state index contributed by atoms with van der Waals surface area (Å²) in [4.78, 5) is 14.1. The number of aromatic nitrogens is 2. The molecule has 1 fully saturated rings. The van der Waals surface area contributed by atoms with Crippen molar-refractivity contribution in [2.24, 2.45) is 0 Å². The van der Waals surface area contributed by atoms with Gasteiger partial charge in [-0.2, -0.15) is 18.3 Å². The third kappa shape index (κ3) is 3.26. The first kappa shape index (κ1) is 16.8. The molecule has 2 rings (SSSR count). The van der Waals surface area contributed by atoms with Gasteiger partial charge in [0.05, 0.1) is 11.6 Å². The van der Waals surface area contributed by atoms with Crippen LogP contribution in [0.15, 0.2) is 0 Å². The molecular formula is C14H21F3N4O. The van der Waals surface area contributed by atoms with Crippen LogP contribution in [0.2, 0.25) is 0 Å². The van der Waals surface area contributed by atoms with E-state index >= 15 is 0 Å². The molecule has 8 heteroatoms. The number of amides is 1. The molecule has 1 N–H and O–H groups in total. The van der Waals surface area contributed by atoms with Crippen LogP contribution in [0.5, 0.6) is 0 Å². The van der Waals surface area contributed by atoms with Crippen molar-refractivity contribution < 1.29 is 18.0 Å². The summed E-state index contributed by atoms with van der Waals surface area (Å²) in [5.41, 5.74) is -1.18. The number of carbonyl (C=O) groups excluding carboxylic acids is 1. The van der Waals surface area contributed by atoms with Gasteiger partial charge in [-0.1, -0.05) is 0 Å². The van der Waals surface area contributed by atoms with Crippen LogP contribution in [0.4, 0.5) is 13.2 Å². The minimum Gasteiger partial charge on any atom is -0.352 e. The number of carbonyl (C=O) groups is 1. The maximum atomic E-state index is 13.2. The second kappa shape index (κ2) is 6.28. The summed E-state index contributed by atoms with van der Waals surface area (Å²) in [5, 5.41) is 6.18. The zero-order chi connectivity index (χ0) is 16.5. The van der Waals surface area contributed by atoms with Crippen molar-refractivity contribution in [3.8, 4) is 0 Å². The predicted octanol–water partition coefficient (Wildman–Crippen LogP) is 2.23. The molecule has 2 heterocycles. The van der Waals surface area contributed by atoms with Gasteiger partial charge in [0.25, 0.3) is 5.91 Å². The Morgan fingerprint density at radius 1 is 1.45 bits per heavy atom. The van der Waals surface area contributed by atoms with Gasteiger partial charge in [-0.05, 0) is 40.3 Å². The van der Waals surface area contributed by atoms with Gasteiger partial charge in [-0.15, -0.1) is 0 Å². The summed E-state index contributed by atoms with van der Waals surface area (Å²) < 4.78 is 41.0. The number of likely N-dealkylation sites (tertiary alicyclic amines) is 1. The summed E-state index contributed by atoms with van der Waals surface area (Å²) in [6.07, 6.45) is -2.98. The first-order valence-corrected chi connectivity index (χ1v) is 7.38. The van der Waals surface area contributed by atoms with Crippen LogP contribution in [0, 0.1) is 6.92 Å². The van der Waals surface area contributed by atoms with Crippen molar-refractivity contribution in [3.05, 3.63) is 17.0 Å². The van der Waals surface area contributed by atoms with E-state index in [-0.39, 0.29) is 23.8 Å². The van der Waals surface area contributed by atoms with Crippen molar-refractivity contribution in [1.82, 2.24) is 20.0 Å². The molecule has 22 heavy (non-hydrogen) atoms. The monoisotopic (exact) mass is 318 g/mol. The van der Waals surface area contributed by atoms with Crippen molar-refractivity contribution in [2.75, 3.05) is 26.7 Å². The maximum Gasteiger partial charge on any atom is 0.435 e. The number of piperidine rings is 1. The van der Waals surface area contributed by atoms with E-state index < -0.39 is 17.8 Å². The van der Waals surface area contributed by atoms with Gasteiger partial charge in [0.2, 0.25) is 0 Å². The number of alkyl halides is 3. The number of hydrogen-bond donors (Lipinski definition) is 1. The van der Waals surface area contributed by atoms with Crippen LogP contribution in [0.3, 0.4) is 0 Å². The van der Waals surface area contributed by atoms with E-state index in [1.54, 1.807) is 6.92 Å². The van der Waals surface area contributed by atoms with Crippen LogP contribution in [-0.2, 0) is 6.18 Å². The molecule has 0 bridgehead atoms. The van der Waals surface area contributed by atoms with E-state index in [1.165, 1.54) is 11.6 Å². The van der Waals surface area contributed by atoms with Crippen molar-refractivity contribution in [2.45, 2.75) is 38.9 Å². The Hall–Kier alpha value is -1.57. The third-order valence-corrected chi connectivity index (χ3v) is 3.93. The third-order valence-electron chi connectivity index (χ3n) is 3.93. The van der Waals surface area contributed by atoms with Crippen LogP contribution in [-0.4, -0.2) is 47.3 Å². The molecule has 1 atom stereocenters. The van der Waals surface area contributed by atoms with E-state index in [0.29, 0.717) is 6.54 Å². The molecule has 0 radical (unpaired) electrons. The molecule has 0 aromatic carbocycles. The zero-order valence-corrected chi connectivity index (χ0v) is 13.0. The second-order valence-electron chi connectivity index (χ2n) is 5.67. The predicted molar refractivity (Wildman–Crippen MR) is 75.7 cm³/mol. The largest absolute Gasteiger partial charge is 0.435 e. The zero-order valence-electron chi connectivity index (χ0n) is 13.0. The number of rotatable bonds is 3. The molecule has 1 amide bonds. The fourth-order valence-corrected chi connectivity index (χ4v) is 2.93. The SMILES string of the molecule is CCNC(=O)c1c(C(F)(F)F)nn(C2CCCN(C)C2)c1C. The van der Waals surface area contributed by atoms with Crippen molar-refractivity contribution >= 4 is 5.91 Å². The summed E-state index contributed by atoms with van der Waals surface area (Å²) in [7, 11) is 1.93. The lowest BCUT2D eigenvalue weighted by molar-refractivity contribution is -0.142. The Bertz CT molecular complexity index is 553. The molecule has 1 aromatic heterocycles. The molecule has 0 aliphatic carbocycles. The molecule has 0 saturated carbocycles. The molecule has 0 spiro atoms. The topological polar surface area (TPSA) is 50.2 Å². The number of likely N-dealkylation sites (N-methyl/N-ethyl adjacent to an activating group) is 1. The average Bonchev–Trinajstić information content (AvgIpc) is 2.76. The molecule has 1 saturated heterocycles. The summed E-state index contributed by atoms with van der Waals surface area (Å²) in [6.45, 7) is 5.02. The lowest BCUT2D eigenvalue weighted by Crippen LogP contribution is -2.34. The Morgan fingerprint density at radius 2 is 2.14 bits per heavy atom. The molecule has 124 valence electrons. The number of hydrogen-bond acceptors (Lipinski definition) is 3. The van der Waals surface area contributed by atoms with E-state index in [9.17, 15) is 18.0 Å². The van der Waals surface area contributed by atoms with Gasteiger partial charge in [-0.3, -0.25) is 9.48 Å². The summed E-state index contributed by atoms with van der Waals surface area (Å²) >= 11 is 0. The molecule has 1 aromatic rings. The maximum absolute atomic E-state index is 13.2. The van der Waals surface area contributed by atoms with Crippen LogP contribution < -0.4 is 5.32 Å². The fourth-order valence-electron chi connectivity index (χ4n) is 2.93. The molecule has 1 unspecified atom stereocenters. The van der Waals surface area contributed by atoms with Crippen LogP contribution in [0.1, 0.15) is 47.6 Å². The van der Waals surface area contributed by atoms with Crippen molar-refractivity contribution in [3.63, 3.8) is 0 Å². The fraction of sp³-hybridized carbons (Fsp3) is 0.714. The van der Waals surface area contributed by atoms with Gasteiger partial charge >= 0.3 is 6.18 Å². The minimum absolute atomic E-state index is 0.136.